The van der Waals surface area contributed by atoms with Gasteiger partial charge in [0, 0.05) is 12.6 Å². The van der Waals surface area contributed by atoms with Crippen LogP contribution in [0, 0.1) is 17.5 Å². The van der Waals surface area contributed by atoms with Crippen LogP contribution in [0.25, 0.3) is 16.6 Å². The number of hydrogen-bond acceptors (Lipinski definition) is 8. The Hall–Kier alpha value is -4.70. The van der Waals surface area contributed by atoms with Gasteiger partial charge in [0.2, 0.25) is 5.88 Å². The van der Waals surface area contributed by atoms with E-state index in [4.69, 9.17) is 25.8 Å². The van der Waals surface area contributed by atoms with Gasteiger partial charge in [-0.25, -0.2) is 18.0 Å². The Bertz CT molecular complexity index is 1900. The standard InChI is InChI=1S/C28H21ClF6N6O4/c1-3-40-20(13-43-12-15-7-5-4-6-8-15)39-41(27(40)42)24-22(32)17-11-36-38-26(45-23-18(29)9-16(30)10-19(23)31)21(17)25(37-24)44-14(2)28(33,34)35/h4-11,14H,3,12-13H2,1-2H3/t14-/m0/s1. The van der Waals surface area contributed by atoms with Crippen molar-refractivity contribution >= 4 is 22.4 Å². The van der Waals surface area contributed by atoms with Crippen LogP contribution >= 0.6 is 11.6 Å². The largest absolute Gasteiger partial charge is 0.464 e. The fourth-order valence-electron chi connectivity index (χ4n) is 4.15. The molecule has 5 aromatic rings. The van der Waals surface area contributed by atoms with Crippen molar-refractivity contribution < 1.29 is 40.6 Å². The van der Waals surface area contributed by atoms with E-state index in [0.29, 0.717) is 23.7 Å². The number of aromatic nitrogens is 6. The molecule has 45 heavy (non-hydrogen) atoms. The first-order chi connectivity index (χ1) is 21.4. The van der Waals surface area contributed by atoms with Crippen molar-refractivity contribution in [1.82, 2.24) is 29.5 Å². The monoisotopic (exact) mass is 654 g/mol. The van der Waals surface area contributed by atoms with Gasteiger partial charge in [-0.05, 0) is 25.5 Å². The summed E-state index contributed by atoms with van der Waals surface area (Å²) >= 11 is 5.89. The zero-order chi connectivity index (χ0) is 32.5. The predicted octanol–water partition coefficient (Wildman–Crippen LogP) is 6.30. The molecule has 0 amide bonds. The van der Waals surface area contributed by atoms with Crippen LogP contribution in [0.1, 0.15) is 25.2 Å². The van der Waals surface area contributed by atoms with Gasteiger partial charge in [0.1, 0.15) is 17.8 Å². The molecule has 0 aliphatic rings. The minimum atomic E-state index is -4.92. The van der Waals surface area contributed by atoms with Crippen molar-refractivity contribution in [3.63, 3.8) is 0 Å². The topological polar surface area (TPSA) is 106 Å². The normalized spacial score (nSPS) is 12.5. The lowest BCUT2D eigenvalue weighted by Crippen LogP contribution is -2.32. The molecule has 0 bridgehead atoms. The maximum absolute atomic E-state index is 16.1. The van der Waals surface area contributed by atoms with Crippen LogP contribution in [-0.4, -0.2) is 41.8 Å². The van der Waals surface area contributed by atoms with Crippen molar-refractivity contribution in [2.45, 2.75) is 45.9 Å². The SMILES string of the molecule is CCn1c(COCc2ccccc2)nn(-c2nc(O[C@@H](C)C(F)(F)F)c3c(Oc4c(F)cc(F)cc4Cl)nncc3c2F)c1=O. The van der Waals surface area contributed by atoms with Crippen LogP contribution in [0.3, 0.4) is 0 Å². The molecule has 17 heteroatoms. The van der Waals surface area contributed by atoms with Gasteiger partial charge < -0.3 is 14.2 Å². The lowest BCUT2D eigenvalue weighted by atomic mass is 10.2. The number of rotatable bonds is 10. The summed E-state index contributed by atoms with van der Waals surface area (Å²) in [5.41, 5.74) is -0.0406. The molecular weight excluding hydrogens is 634 g/mol. The number of fused-ring (bicyclic) bond motifs is 1. The molecule has 5 rings (SSSR count). The Balaban J connectivity index is 1.63. The molecule has 0 saturated carbocycles. The first kappa shape index (κ1) is 31.7. The molecule has 0 aliphatic heterocycles. The molecule has 2 aromatic carbocycles. The lowest BCUT2D eigenvalue weighted by molar-refractivity contribution is -0.189. The Morgan fingerprint density at radius 1 is 1.04 bits per heavy atom. The molecule has 0 N–H and O–H groups in total. The molecule has 1 atom stereocenters. The van der Waals surface area contributed by atoms with Gasteiger partial charge in [-0.15, -0.1) is 10.2 Å². The van der Waals surface area contributed by atoms with Crippen molar-refractivity contribution in [1.29, 1.82) is 0 Å². The highest BCUT2D eigenvalue weighted by Gasteiger charge is 2.39. The molecule has 0 radical (unpaired) electrons. The van der Waals surface area contributed by atoms with Crippen LogP contribution in [0.15, 0.2) is 53.5 Å². The summed E-state index contributed by atoms with van der Waals surface area (Å²) in [5, 5.41) is 9.59. The number of halogens is 7. The van der Waals surface area contributed by atoms with Crippen LogP contribution in [0.5, 0.6) is 17.5 Å². The van der Waals surface area contributed by atoms with E-state index < -0.39 is 74.5 Å². The number of alkyl halides is 3. The molecule has 0 saturated heterocycles. The summed E-state index contributed by atoms with van der Waals surface area (Å²) in [6, 6.07) is 10.2. The summed E-state index contributed by atoms with van der Waals surface area (Å²) in [6.07, 6.45) is -6.62. The molecule has 0 spiro atoms. The summed E-state index contributed by atoms with van der Waals surface area (Å²) < 4.78 is 103. The Labute approximate surface area is 254 Å². The fraction of sp³-hybridized carbons (Fsp3) is 0.250. The van der Waals surface area contributed by atoms with Gasteiger partial charge in [0.15, 0.2) is 35.1 Å². The quantitative estimate of drug-likeness (QED) is 0.162. The van der Waals surface area contributed by atoms with E-state index in [1.54, 1.807) is 6.92 Å². The number of benzene rings is 2. The minimum Gasteiger partial charge on any atom is -0.464 e. The van der Waals surface area contributed by atoms with Crippen molar-refractivity contribution in [2.24, 2.45) is 0 Å². The van der Waals surface area contributed by atoms with E-state index in [9.17, 15) is 26.7 Å². The van der Waals surface area contributed by atoms with Gasteiger partial charge in [-0.3, -0.25) is 4.57 Å². The van der Waals surface area contributed by atoms with Crippen molar-refractivity contribution in [2.75, 3.05) is 0 Å². The van der Waals surface area contributed by atoms with E-state index in [1.165, 1.54) is 0 Å². The Morgan fingerprint density at radius 3 is 2.44 bits per heavy atom. The first-order valence-corrected chi connectivity index (χ1v) is 13.5. The second-order valence-corrected chi connectivity index (χ2v) is 9.84. The average molecular weight is 655 g/mol. The third-order valence-corrected chi connectivity index (χ3v) is 6.66. The Kier molecular flexibility index (Phi) is 8.97. The van der Waals surface area contributed by atoms with E-state index >= 15 is 4.39 Å². The molecule has 3 heterocycles. The van der Waals surface area contributed by atoms with E-state index in [-0.39, 0.29) is 25.6 Å². The van der Waals surface area contributed by atoms with E-state index in [1.807, 2.05) is 30.3 Å². The molecule has 236 valence electrons. The van der Waals surface area contributed by atoms with Gasteiger partial charge in [0.05, 0.1) is 23.2 Å². The highest BCUT2D eigenvalue weighted by Crippen LogP contribution is 2.40. The average Bonchev–Trinajstić information content (AvgIpc) is 3.30. The van der Waals surface area contributed by atoms with Crippen LogP contribution < -0.4 is 15.2 Å². The molecule has 10 nitrogen and oxygen atoms in total. The summed E-state index contributed by atoms with van der Waals surface area (Å²) in [5.74, 6) is -6.84. The van der Waals surface area contributed by atoms with Gasteiger partial charge in [-0.1, -0.05) is 41.9 Å². The van der Waals surface area contributed by atoms with Gasteiger partial charge >= 0.3 is 11.9 Å². The van der Waals surface area contributed by atoms with Crippen molar-refractivity contribution in [3.8, 4) is 23.3 Å². The number of nitrogens with zero attached hydrogens (tertiary/aromatic N) is 6. The third-order valence-electron chi connectivity index (χ3n) is 6.38. The zero-order valence-electron chi connectivity index (χ0n) is 23.3. The molecule has 0 fully saturated rings. The molecule has 3 aromatic heterocycles. The van der Waals surface area contributed by atoms with Crippen LogP contribution in [0.2, 0.25) is 5.02 Å². The summed E-state index contributed by atoms with van der Waals surface area (Å²) in [4.78, 5) is 17.2. The maximum Gasteiger partial charge on any atom is 0.425 e. The van der Waals surface area contributed by atoms with E-state index in [0.717, 1.165) is 16.3 Å². The number of pyridine rings is 1. The first-order valence-electron chi connectivity index (χ1n) is 13.1. The fourth-order valence-corrected chi connectivity index (χ4v) is 4.38. The second-order valence-electron chi connectivity index (χ2n) is 9.43. The van der Waals surface area contributed by atoms with Crippen molar-refractivity contribution in [3.05, 3.63) is 93.0 Å². The highest BCUT2D eigenvalue weighted by molar-refractivity contribution is 6.32. The molecule has 0 aliphatic carbocycles. The smallest absolute Gasteiger partial charge is 0.425 e. The summed E-state index contributed by atoms with van der Waals surface area (Å²) in [7, 11) is 0. The summed E-state index contributed by atoms with van der Waals surface area (Å²) in [6.45, 7) is 2.35. The van der Waals surface area contributed by atoms with Crippen LogP contribution in [0.4, 0.5) is 26.3 Å². The second kappa shape index (κ2) is 12.7. The van der Waals surface area contributed by atoms with Gasteiger partial charge in [-0.2, -0.15) is 27.9 Å². The van der Waals surface area contributed by atoms with Crippen LogP contribution in [-0.2, 0) is 24.5 Å². The highest BCUT2D eigenvalue weighted by atomic mass is 35.5. The van der Waals surface area contributed by atoms with Gasteiger partial charge in [0.25, 0.3) is 5.88 Å². The van der Waals surface area contributed by atoms with E-state index in [2.05, 4.69) is 20.3 Å². The maximum atomic E-state index is 16.1. The minimum absolute atomic E-state index is 0.0733. The Morgan fingerprint density at radius 2 is 1.78 bits per heavy atom. The molecule has 0 unspecified atom stereocenters. The third kappa shape index (κ3) is 6.56. The number of ether oxygens (including phenoxy) is 3. The number of hydrogen-bond donors (Lipinski definition) is 0. The zero-order valence-corrected chi connectivity index (χ0v) is 24.0. The molecular formula is C28H21ClF6N6O4. The predicted molar refractivity (Wildman–Crippen MR) is 147 cm³/mol. The lowest BCUT2D eigenvalue weighted by Gasteiger charge is -2.19.